The summed E-state index contributed by atoms with van der Waals surface area (Å²) in [5, 5.41) is 11.8. The van der Waals surface area contributed by atoms with Crippen LogP contribution < -0.4 is 9.64 Å². The summed E-state index contributed by atoms with van der Waals surface area (Å²) in [6, 6.07) is 23.3. The molecule has 3 aromatic carbocycles. The van der Waals surface area contributed by atoms with Crippen LogP contribution in [-0.4, -0.2) is 28.9 Å². The van der Waals surface area contributed by atoms with Crippen LogP contribution in [0.15, 0.2) is 90.2 Å². The van der Waals surface area contributed by atoms with Crippen LogP contribution in [0.5, 0.6) is 5.75 Å². The van der Waals surface area contributed by atoms with Crippen LogP contribution in [0.2, 0.25) is 0 Å². The van der Waals surface area contributed by atoms with E-state index in [-0.39, 0.29) is 5.57 Å². The summed E-state index contributed by atoms with van der Waals surface area (Å²) in [7, 11) is 1.54. The van der Waals surface area contributed by atoms with E-state index in [1.54, 1.807) is 19.1 Å². The van der Waals surface area contributed by atoms with E-state index in [1.807, 2.05) is 73.7 Å². The Morgan fingerprint density at radius 3 is 2.33 bits per heavy atom. The van der Waals surface area contributed by atoms with E-state index in [1.165, 1.54) is 23.3 Å². The first-order chi connectivity index (χ1) is 17.4. The average Bonchev–Trinajstić information content (AvgIpc) is 3.42. The first-order valence-corrected chi connectivity index (χ1v) is 12.3. The number of anilines is 1. The van der Waals surface area contributed by atoms with E-state index < -0.39 is 23.5 Å². The number of amides is 1. The molecule has 1 N–H and O–H groups in total. The topological polar surface area (TPSA) is 79.7 Å². The van der Waals surface area contributed by atoms with Gasteiger partial charge >= 0.3 is 0 Å². The number of aromatic nitrogens is 1. The molecule has 0 aliphatic carbocycles. The SMILES string of the molecule is COc1ccccc1C1C(C(=O)c2sc(-c3ccccc3)nc2C)=C(O)C(=O)N1c1ccc(C)cc1. The summed E-state index contributed by atoms with van der Waals surface area (Å²) < 4.78 is 5.59. The lowest BCUT2D eigenvalue weighted by Crippen LogP contribution is -2.31. The molecule has 1 amide bonds. The van der Waals surface area contributed by atoms with Gasteiger partial charge in [0.2, 0.25) is 5.78 Å². The lowest BCUT2D eigenvalue weighted by Gasteiger charge is -2.28. The molecule has 0 spiro atoms. The Morgan fingerprint density at radius 2 is 1.64 bits per heavy atom. The summed E-state index contributed by atoms with van der Waals surface area (Å²) >= 11 is 1.25. The Bertz CT molecular complexity index is 1490. The van der Waals surface area contributed by atoms with E-state index in [0.29, 0.717) is 32.6 Å². The van der Waals surface area contributed by atoms with Crippen LogP contribution in [0.4, 0.5) is 5.69 Å². The number of nitrogens with zero attached hydrogens (tertiary/aromatic N) is 2. The van der Waals surface area contributed by atoms with Gasteiger partial charge in [-0.05, 0) is 32.0 Å². The number of ketones is 1. The maximum atomic E-state index is 14.0. The van der Waals surface area contributed by atoms with Crippen molar-refractivity contribution in [3.63, 3.8) is 0 Å². The van der Waals surface area contributed by atoms with Crippen molar-refractivity contribution in [2.75, 3.05) is 12.0 Å². The minimum absolute atomic E-state index is 0.0106. The molecule has 0 fully saturated rings. The lowest BCUT2D eigenvalue weighted by molar-refractivity contribution is -0.117. The summed E-state index contributed by atoms with van der Waals surface area (Å²) in [6.45, 7) is 3.72. The quantitative estimate of drug-likeness (QED) is 0.321. The van der Waals surface area contributed by atoms with Crippen LogP contribution in [0, 0.1) is 13.8 Å². The van der Waals surface area contributed by atoms with Gasteiger partial charge in [-0.15, -0.1) is 11.3 Å². The van der Waals surface area contributed by atoms with Gasteiger partial charge in [0.15, 0.2) is 5.76 Å². The van der Waals surface area contributed by atoms with Gasteiger partial charge in [-0.2, -0.15) is 0 Å². The number of aryl methyl sites for hydroxylation is 2. The summed E-state index contributed by atoms with van der Waals surface area (Å²) in [5.41, 5.74) is 3.66. The van der Waals surface area contributed by atoms with Crippen molar-refractivity contribution >= 4 is 28.7 Å². The van der Waals surface area contributed by atoms with Gasteiger partial charge in [-0.3, -0.25) is 14.5 Å². The molecule has 0 bridgehead atoms. The first-order valence-electron chi connectivity index (χ1n) is 11.4. The zero-order chi connectivity index (χ0) is 25.4. The lowest BCUT2D eigenvalue weighted by atomic mass is 9.94. The average molecular weight is 497 g/mol. The molecule has 7 heteroatoms. The number of Topliss-reactive ketones (excluding diaryl/α,β-unsaturated/α-hetero) is 1. The van der Waals surface area contributed by atoms with Gasteiger partial charge in [0.25, 0.3) is 5.91 Å². The van der Waals surface area contributed by atoms with Crippen molar-refractivity contribution < 1.29 is 19.4 Å². The number of aliphatic hydroxyl groups excluding tert-OH is 1. The molecule has 36 heavy (non-hydrogen) atoms. The third-order valence-corrected chi connectivity index (χ3v) is 7.43. The second kappa shape index (κ2) is 9.43. The Balaban J connectivity index is 1.66. The molecule has 0 saturated carbocycles. The van der Waals surface area contributed by atoms with Gasteiger partial charge in [0.1, 0.15) is 10.8 Å². The van der Waals surface area contributed by atoms with Gasteiger partial charge < -0.3 is 9.84 Å². The highest BCUT2D eigenvalue weighted by atomic mass is 32.1. The number of carbonyl (C=O) groups is 2. The zero-order valence-electron chi connectivity index (χ0n) is 20.1. The molecular weight excluding hydrogens is 472 g/mol. The third-order valence-electron chi connectivity index (χ3n) is 6.22. The Hall–Kier alpha value is -4.23. The molecule has 1 aromatic heterocycles. The number of ether oxygens (including phenoxy) is 1. The predicted molar refractivity (Wildman–Crippen MR) is 141 cm³/mol. The van der Waals surface area contributed by atoms with E-state index >= 15 is 0 Å². The Morgan fingerprint density at radius 1 is 0.972 bits per heavy atom. The fourth-order valence-electron chi connectivity index (χ4n) is 4.43. The van der Waals surface area contributed by atoms with E-state index in [4.69, 9.17) is 4.74 Å². The van der Waals surface area contributed by atoms with Crippen molar-refractivity contribution in [3.8, 4) is 16.3 Å². The zero-order valence-corrected chi connectivity index (χ0v) is 20.9. The van der Waals surface area contributed by atoms with Crippen LogP contribution in [0.3, 0.4) is 0 Å². The second-order valence-corrected chi connectivity index (χ2v) is 9.55. The number of hydrogen-bond acceptors (Lipinski definition) is 6. The largest absolute Gasteiger partial charge is 0.503 e. The number of thiazole rings is 1. The highest BCUT2D eigenvalue weighted by molar-refractivity contribution is 7.17. The molecule has 180 valence electrons. The Labute approximate surface area is 213 Å². The number of methoxy groups -OCH3 is 1. The fraction of sp³-hybridized carbons (Fsp3) is 0.138. The minimum Gasteiger partial charge on any atom is -0.503 e. The van der Waals surface area contributed by atoms with E-state index in [2.05, 4.69) is 4.98 Å². The number of rotatable bonds is 6. The fourth-order valence-corrected chi connectivity index (χ4v) is 5.45. The first kappa shape index (κ1) is 23.5. The van der Waals surface area contributed by atoms with Crippen LogP contribution >= 0.6 is 11.3 Å². The standard InChI is InChI=1S/C29H24N2O4S/c1-17-13-15-20(16-14-17)31-24(21-11-7-8-12-22(21)35-3)23(26(33)29(31)34)25(32)27-18(2)30-28(36-27)19-9-5-4-6-10-19/h4-16,24,33H,1-3H3. The predicted octanol–water partition coefficient (Wildman–Crippen LogP) is 6.22. The van der Waals surface area contributed by atoms with Gasteiger partial charge in [0, 0.05) is 16.8 Å². The maximum Gasteiger partial charge on any atom is 0.294 e. The monoisotopic (exact) mass is 496 g/mol. The Kier molecular flexibility index (Phi) is 6.16. The number of para-hydroxylation sites is 1. The summed E-state index contributed by atoms with van der Waals surface area (Å²) in [4.78, 5) is 33.9. The van der Waals surface area contributed by atoms with Gasteiger partial charge in [-0.1, -0.05) is 66.2 Å². The molecule has 2 heterocycles. The smallest absolute Gasteiger partial charge is 0.294 e. The van der Waals surface area contributed by atoms with Crippen molar-refractivity contribution in [2.45, 2.75) is 19.9 Å². The number of benzene rings is 3. The molecule has 1 aliphatic rings. The molecule has 4 aromatic rings. The highest BCUT2D eigenvalue weighted by Crippen LogP contribution is 2.45. The minimum atomic E-state index is -0.870. The molecule has 5 rings (SSSR count). The molecule has 1 aliphatic heterocycles. The third kappa shape index (κ3) is 3.97. The van der Waals surface area contributed by atoms with Crippen molar-refractivity contribution in [2.24, 2.45) is 0 Å². The maximum absolute atomic E-state index is 14.0. The van der Waals surface area contributed by atoms with Gasteiger partial charge in [0.05, 0.1) is 29.3 Å². The molecule has 0 radical (unpaired) electrons. The van der Waals surface area contributed by atoms with Crippen molar-refractivity contribution in [3.05, 3.63) is 112 Å². The van der Waals surface area contributed by atoms with E-state index in [9.17, 15) is 14.7 Å². The number of carbonyl (C=O) groups excluding carboxylic acids is 2. The van der Waals surface area contributed by atoms with E-state index in [0.717, 1.165) is 11.1 Å². The molecule has 1 unspecified atom stereocenters. The molecular formula is C29H24N2O4S. The van der Waals surface area contributed by atoms with Crippen LogP contribution in [0.25, 0.3) is 10.6 Å². The molecule has 6 nitrogen and oxygen atoms in total. The highest BCUT2D eigenvalue weighted by Gasteiger charge is 2.46. The van der Waals surface area contributed by atoms with Gasteiger partial charge in [-0.25, -0.2) is 4.98 Å². The summed E-state index contributed by atoms with van der Waals surface area (Å²) in [5.74, 6) is -1.11. The molecule has 1 atom stereocenters. The number of hydrogen-bond donors (Lipinski definition) is 1. The molecule has 0 saturated heterocycles. The number of aliphatic hydroxyl groups is 1. The normalized spacial score (nSPS) is 15.5. The second-order valence-electron chi connectivity index (χ2n) is 8.55. The van der Waals surface area contributed by atoms with Crippen molar-refractivity contribution in [1.29, 1.82) is 0 Å². The van der Waals surface area contributed by atoms with Crippen molar-refractivity contribution in [1.82, 2.24) is 4.98 Å². The summed E-state index contributed by atoms with van der Waals surface area (Å²) in [6.07, 6.45) is 0. The van der Waals surface area contributed by atoms with Crippen LogP contribution in [-0.2, 0) is 4.79 Å². The van der Waals surface area contributed by atoms with Crippen LogP contribution in [0.1, 0.15) is 32.5 Å².